The normalized spacial score (nSPS) is 16.6. The fraction of sp³-hybridized carbons (Fsp3) is 0.486. The van der Waals surface area contributed by atoms with Crippen LogP contribution in [0.2, 0.25) is 0 Å². The molecular weight excluding hydrogens is 531 g/mol. The van der Waals surface area contributed by atoms with E-state index >= 15 is 0 Å². The van der Waals surface area contributed by atoms with Crippen molar-refractivity contribution in [2.75, 3.05) is 18.0 Å². The zero-order valence-electron chi connectivity index (χ0n) is 26.3. The van der Waals surface area contributed by atoms with Gasteiger partial charge in [0.05, 0.1) is 17.4 Å². The number of rotatable bonds is 9. The van der Waals surface area contributed by atoms with Gasteiger partial charge in [0.25, 0.3) is 0 Å². The first-order valence-electron chi connectivity index (χ1n) is 14.8. The average molecular weight is 577 g/mol. The molecule has 0 amide bonds. The Bertz CT molecular complexity index is 1380. The van der Waals surface area contributed by atoms with Gasteiger partial charge in [0.2, 0.25) is 0 Å². The minimum absolute atomic E-state index is 0.103. The first kappa shape index (κ1) is 31.5. The van der Waals surface area contributed by atoms with E-state index in [-0.39, 0.29) is 17.3 Å². The molecule has 1 unspecified atom stereocenters. The van der Waals surface area contributed by atoms with Crippen LogP contribution in [-0.4, -0.2) is 40.9 Å². The number of halogens is 1. The summed E-state index contributed by atoms with van der Waals surface area (Å²) in [5.74, 6) is -0.548. The number of hydrogen-bond acceptors (Lipinski definition) is 5. The number of anilines is 1. The van der Waals surface area contributed by atoms with Crippen molar-refractivity contribution in [1.82, 2.24) is 4.98 Å². The summed E-state index contributed by atoms with van der Waals surface area (Å²) in [6.45, 7) is 17.7. The number of carboxylic acid groups (broad SMARTS) is 1. The molecule has 0 aliphatic carbocycles. The summed E-state index contributed by atoms with van der Waals surface area (Å²) in [5.41, 5.74) is 5.46. The molecule has 2 heterocycles. The maximum absolute atomic E-state index is 13.3. The number of hydrogen-bond donors (Lipinski definition) is 1. The molecule has 0 bridgehead atoms. The third-order valence-corrected chi connectivity index (χ3v) is 7.89. The Morgan fingerprint density at radius 2 is 1.62 bits per heavy atom. The van der Waals surface area contributed by atoms with Crippen LogP contribution < -0.4 is 9.64 Å². The number of aromatic nitrogens is 1. The fourth-order valence-corrected chi connectivity index (χ4v) is 5.68. The fourth-order valence-electron chi connectivity index (χ4n) is 5.68. The summed E-state index contributed by atoms with van der Waals surface area (Å²) >= 11 is 0. The summed E-state index contributed by atoms with van der Waals surface area (Å²) in [5, 5.41) is 10.4. The molecule has 1 aliphatic heterocycles. The molecule has 1 saturated heterocycles. The van der Waals surface area contributed by atoms with Crippen LogP contribution in [0.1, 0.15) is 83.0 Å². The van der Waals surface area contributed by atoms with E-state index in [4.69, 9.17) is 14.5 Å². The first-order valence-corrected chi connectivity index (χ1v) is 14.8. The highest BCUT2D eigenvalue weighted by atomic mass is 19.1. The van der Waals surface area contributed by atoms with E-state index in [2.05, 4.69) is 18.7 Å². The number of carboxylic acids is 1. The third kappa shape index (κ3) is 7.68. The molecule has 2 aromatic carbocycles. The SMILES string of the molecule is Cc1nc(C)c([C@H](OC(C)(C)C)C(=O)O)c(N2CCC(C)(C)CC2)c1-c1ccc(OC(C)Cc2ccc(F)cc2)cc1. The lowest BCUT2D eigenvalue weighted by molar-refractivity contribution is -0.160. The molecule has 1 N–H and O–H groups in total. The van der Waals surface area contributed by atoms with Crippen molar-refractivity contribution in [3.8, 4) is 16.9 Å². The van der Waals surface area contributed by atoms with Crippen molar-refractivity contribution >= 4 is 11.7 Å². The predicted molar refractivity (Wildman–Crippen MR) is 166 cm³/mol. The van der Waals surface area contributed by atoms with Crippen LogP contribution in [0.15, 0.2) is 48.5 Å². The summed E-state index contributed by atoms with van der Waals surface area (Å²) in [7, 11) is 0. The molecule has 226 valence electrons. The van der Waals surface area contributed by atoms with Gasteiger partial charge in [-0.3, -0.25) is 4.98 Å². The van der Waals surface area contributed by atoms with Gasteiger partial charge in [-0.2, -0.15) is 0 Å². The second-order valence-electron chi connectivity index (χ2n) is 13.3. The monoisotopic (exact) mass is 576 g/mol. The van der Waals surface area contributed by atoms with Crippen LogP contribution in [0.4, 0.5) is 10.1 Å². The maximum Gasteiger partial charge on any atom is 0.337 e. The Labute approximate surface area is 249 Å². The molecule has 7 heteroatoms. The van der Waals surface area contributed by atoms with Crippen LogP contribution >= 0.6 is 0 Å². The smallest absolute Gasteiger partial charge is 0.337 e. The third-order valence-electron chi connectivity index (χ3n) is 7.89. The van der Waals surface area contributed by atoms with Gasteiger partial charge in [-0.05, 0) is 95.2 Å². The van der Waals surface area contributed by atoms with Gasteiger partial charge in [-0.25, -0.2) is 9.18 Å². The second-order valence-corrected chi connectivity index (χ2v) is 13.3. The van der Waals surface area contributed by atoms with Gasteiger partial charge in [0, 0.05) is 42.0 Å². The number of carbonyl (C=O) groups is 1. The number of aryl methyl sites for hydroxylation is 2. The van der Waals surface area contributed by atoms with Crippen LogP contribution in [0.5, 0.6) is 5.75 Å². The Hall–Kier alpha value is -3.45. The van der Waals surface area contributed by atoms with E-state index in [0.29, 0.717) is 17.7 Å². The Balaban J connectivity index is 1.74. The molecule has 1 aromatic heterocycles. The molecule has 3 aromatic rings. The van der Waals surface area contributed by atoms with E-state index < -0.39 is 17.7 Å². The van der Waals surface area contributed by atoms with Gasteiger partial charge >= 0.3 is 5.97 Å². The maximum atomic E-state index is 13.3. The summed E-state index contributed by atoms with van der Waals surface area (Å²) in [4.78, 5) is 19.9. The highest BCUT2D eigenvalue weighted by Crippen LogP contribution is 2.45. The second kappa shape index (κ2) is 12.4. The predicted octanol–water partition coefficient (Wildman–Crippen LogP) is 8.08. The Morgan fingerprint density at radius 1 is 1.02 bits per heavy atom. The van der Waals surface area contributed by atoms with E-state index in [1.807, 2.05) is 65.8 Å². The lowest BCUT2D eigenvalue weighted by Crippen LogP contribution is -2.39. The number of aliphatic carboxylic acids is 1. The lowest BCUT2D eigenvalue weighted by Gasteiger charge is -2.41. The number of pyridine rings is 1. The van der Waals surface area contributed by atoms with Crippen LogP contribution in [0.3, 0.4) is 0 Å². The number of ether oxygens (including phenoxy) is 2. The van der Waals surface area contributed by atoms with E-state index in [0.717, 1.165) is 59.8 Å². The zero-order chi connectivity index (χ0) is 30.8. The quantitative estimate of drug-likeness (QED) is 0.278. The van der Waals surface area contributed by atoms with Crippen molar-refractivity contribution in [3.05, 3.63) is 76.9 Å². The number of benzene rings is 2. The largest absolute Gasteiger partial charge is 0.490 e. The van der Waals surface area contributed by atoms with Gasteiger partial charge in [-0.1, -0.05) is 38.1 Å². The summed E-state index contributed by atoms with van der Waals surface area (Å²) < 4.78 is 25.7. The number of piperidine rings is 1. The van der Waals surface area contributed by atoms with Crippen molar-refractivity contribution in [2.45, 2.75) is 92.5 Å². The molecule has 0 spiro atoms. The molecule has 0 saturated carbocycles. The molecule has 4 rings (SSSR count). The topological polar surface area (TPSA) is 71.9 Å². The molecule has 6 nitrogen and oxygen atoms in total. The highest BCUT2D eigenvalue weighted by Gasteiger charge is 2.36. The minimum Gasteiger partial charge on any atom is -0.490 e. The van der Waals surface area contributed by atoms with Crippen molar-refractivity contribution in [2.24, 2.45) is 5.41 Å². The zero-order valence-corrected chi connectivity index (χ0v) is 26.3. The summed E-state index contributed by atoms with van der Waals surface area (Å²) in [6, 6.07) is 14.4. The average Bonchev–Trinajstić information content (AvgIpc) is 2.89. The van der Waals surface area contributed by atoms with E-state index in [9.17, 15) is 14.3 Å². The first-order chi connectivity index (χ1) is 19.6. The van der Waals surface area contributed by atoms with Crippen LogP contribution in [-0.2, 0) is 16.0 Å². The van der Waals surface area contributed by atoms with Crippen molar-refractivity contribution in [1.29, 1.82) is 0 Å². The number of nitrogens with zero attached hydrogens (tertiary/aromatic N) is 2. The summed E-state index contributed by atoms with van der Waals surface area (Å²) in [6.07, 6.45) is 1.41. The van der Waals surface area contributed by atoms with E-state index in [1.54, 1.807) is 12.1 Å². The van der Waals surface area contributed by atoms with Crippen LogP contribution in [0.25, 0.3) is 11.1 Å². The lowest BCUT2D eigenvalue weighted by atomic mass is 9.82. The molecule has 0 radical (unpaired) electrons. The van der Waals surface area contributed by atoms with Gasteiger partial charge < -0.3 is 19.5 Å². The van der Waals surface area contributed by atoms with Gasteiger partial charge in [0.1, 0.15) is 11.6 Å². The minimum atomic E-state index is -1.16. The van der Waals surface area contributed by atoms with Gasteiger partial charge in [0.15, 0.2) is 6.10 Å². The molecule has 1 fully saturated rings. The Morgan fingerprint density at radius 3 is 2.17 bits per heavy atom. The standard InChI is InChI=1S/C35H45FN2O4/c1-22(21-25-9-13-27(36)14-10-25)41-28-15-11-26(12-16-28)29-23(2)37-24(3)30(32(33(39)40)42-34(4,5)6)31(29)38-19-17-35(7,8)18-20-38/h9-16,22,32H,17-21H2,1-8H3,(H,39,40)/t22?,32-/m0/s1. The van der Waals surface area contributed by atoms with Crippen LogP contribution in [0, 0.1) is 25.1 Å². The van der Waals surface area contributed by atoms with Crippen molar-refractivity contribution < 1.29 is 23.8 Å². The molecular formula is C35H45FN2O4. The highest BCUT2D eigenvalue weighted by molar-refractivity contribution is 5.88. The van der Waals surface area contributed by atoms with Gasteiger partial charge in [-0.15, -0.1) is 0 Å². The molecule has 1 aliphatic rings. The molecule has 2 atom stereocenters. The van der Waals surface area contributed by atoms with Crippen molar-refractivity contribution in [3.63, 3.8) is 0 Å². The van der Waals surface area contributed by atoms with E-state index in [1.165, 1.54) is 12.1 Å². The molecule has 42 heavy (non-hydrogen) atoms. The Kier molecular flexibility index (Phi) is 9.31.